The van der Waals surface area contributed by atoms with Gasteiger partial charge in [-0.1, -0.05) is 31.0 Å². The number of aryl methyl sites for hydroxylation is 1. The van der Waals surface area contributed by atoms with E-state index in [-0.39, 0.29) is 5.91 Å². The molecule has 4 nitrogen and oxygen atoms in total. The number of unbranched alkanes of at least 4 members (excludes halogenated alkanes) is 1. The first-order valence-electron chi connectivity index (χ1n) is 7.37. The molecule has 0 aliphatic carbocycles. The maximum atomic E-state index is 11.8. The summed E-state index contributed by atoms with van der Waals surface area (Å²) in [7, 11) is 0. The van der Waals surface area contributed by atoms with E-state index in [1.54, 1.807) is 0 Å². The zero-order chi connectivity index (χ0) is 14.6. The van der Waals surface area contributed by atoms with Crippen molar-refractivity contribution in [3.8, 4) is 0 Å². The molecule has 2 N–H and O–H groups in total. The second-order valence-electron chi connectivity index (χ2n) is 4.84. The van der Waals surface area contributed by atoms with Gasteiger partial charge in [0.25, 0.3) is 5.91 Å². The van der Waals surface area contributed by atoms with Crippen molar-refractivity contribution in [2.75, 3.05) is 32.8 Å². The van der Waals surface area contributed by atoms with Crippen LogP contribution in [0.2, 0.25) is 0 Å². The van der Waals surface area contributed by atoms with Crippen LogP contribution >= 0.6 is 0 Å². The van der Waals surface area contributed by atoms with Crippen LogP contribution in [0.4, 0.5) is 0 Å². The number of rotatable bonds is 10. The number of ether oxygens (including phenoxy) is 1. The van der Waals surface area contributed by atoms with E-state index in [2.05, 4.69) is 17.6 Å². The van der Waals surface area contributed by atoms with E-state index in [1.807, 2.05) is 31.2 Å². The lowest BCUT2D eigenvalue weighted by atomic mass is 10.1. The quantitative estimate of drug-likeness (QED) is 0.645. The molecule has 0 radical (unpaired) electrons. The molecule has 0 spiro atoms. The second-order valence-corrected chi connectivity index (χ2v) is 4.84. The Balaban J connectivity index is 2.01. The molecule has 0 unspecified atom stereocenters. The smallest absolute Gasteiger partial charge is 0.251 e. The molecule has 20 heavy (non-hydrogen) atoms. The van der Waals surface area contributed by atoms with Gasteiger partial charge < -0.3 is 15.4 Å². The first kappa shape index (κ1) is 16.7. The van der Waals surface area contributed by atoms with Crippen LogP contribution in [0.3, 0.4) is 0 Å². The maximum Gasteiger partial charge on any atom is 0.251 e. The molecule has 0 saturated carbocycles. The fraction of sp³-hybridized carbons (Fsp3) is 0.562. The highest BCUT2D eigenvalue weighted by atomic mass is 16.5. The maximum absolute atomic E-state index is 11.8. The van der Waals surface area contributed by atoms with Gasteiger partial charge in [0.15, 0.2) is 0 Å². The predicted molar refractivity (Wildman–Crippen MR) is 82.1 cm³/mol. The Labute approximate surface area is 121 Å². The summed E-state index contributed by atoms with van der Waals surface area (Å²) in [5.41, 5.74) is 1.87. The van der Waals surface area contributed by atoms with E-state index in [0.717, 1.165) is 38.3 Å². The molecule has 0 heterocycles. The number of amides is 1. The van der Waals surface area contributed by atoms with Gasteiger partial charge in [-0.15, -0.1) is 0 Å². The first-order chi connectivity index (χ1) is 9.74. The third kappa shape index (κ3) is 7.26. The lowest BCUT2D eigenvalue weighted by Crippen LogP contribution is -2.33. The van der Waals surface area contributed by atoms with Gasteiger partial charge >= 0.3 is 0 Å². The van der Waals surface area contributed by atoms with Gasteiger partial charge in [0.05, 0.1) is 6.61 Å². The van der Waals surface area contributed by atoms with Gasteiger partial charge in [-0.05, 0) is 25.5 Å². The van der Waals surface area contributed by atoms with E-state index in [0.29, 0.717) is 12.1 Å². The fourth-order valence-electron chi connectivity index (χ4n) is 1.69. The predicted octanol–water partition coefficient (Wildman–Crippen LogP) is 2.13. The van der Waals surface area contributed by atoms with Crippen LogP contribution in [-0.2, 0) is 4.74 Å². The minimum Gasteiger partial charge on any atom is -0.380 e. The Bertz CT molecular complexity index is 377. The van der Waals surface area contributed by atoms with Crippen molar-refractivity contribution in [3.63, 3.8) is 0 Å². The Morgan fingerprint density at radius 3 is 2.55 bits per heavy atom. The molecule has 112 valence electrons. The SMILES string of the molecule is CCCCOCCNCCNC(=O)c1ccc(C)cc1. The van der Waals surface area contributed by atoms with Crippen LogP contribution in [0.15, 0.2) is 24.3 Å². The van der Waals surface area contributed by atoms with E-state index >= 15 is 0 Å². The molecule has 0 saturated heterocycles. The topological polar surface area (TPSA) is 50.4 Å². The molecule has 0 bridgehead atoms. The van der Waals surface area contributed by atoms with E-state index < -0.39 is 0 Å². The van der Waals surface area contributed by atoms with Crippen LogP contribution in [0.25, 0.3) is 0 Å². The first-order valence-corrected chi connectivity index (χ1v) is 7.37. The lowest BCUT2D eigenvalue weighted by Gasteiger charge is -2.07. The lowest BCUT2D eigenvalue weighted by molar-refractivity contribution is 0.0953. The number of carbonyl (C=O) groups excluding carboxylic acids is 1. The molecule has 1 rings (SSSR count). The summed E-state index contributed by atoms with van der Waals surface area (Å²) in [6, 6.07) is 7.58. The minimum atomic E-state index is -0.0222. The summed E-state index contributed by atoms with van der Waals surface area (Å²) >= 11 is 0. The number of hydrogen-bond acceptors (Lipinski definition) is 3. The summed E-state index contributed by atoms with van der Waals surface area (Å²) in [5, 5.41) is 6.13. The highest BCUT2D eigenvalue weighted by Gasteiger charge is 2.03. The van der Waals surface area contributed by atoms with Gasteiger partial charge in [0.2, 0.25) is 0 Å². The number of hydrogen-bond donors (Lipinski definition) is 2. The van der Waals surface area contributed by atoms with E-state index in [4.69, 9.17) is 4.74 Å². The molecule has 1 amide bonds. The molecule has 0 aliphatic rings. The monoisotopic (exact) mass is 278 g/mol. The van der Waals surface area contributed by atoms with E-state index in [9.17, 15) is 4.79 Å². The van der Waals surface area contributed by atoms with Crippen LogP contribution in [0.5, 0.6) is 0 Å². The zero-order valence-corrected chi connectivity index (χ0v) is 12.6. The molecule has 0 atom stereocenters. The Morgan fingerprint density at radius 1 is 1.10 bits per heavy atom. The van der Waals surface area contributed by atoms with Crippen molar-refractivity contribution >= 4 is 5.91 Å². The highest BCUT2D eigenvalue weighted by molar-refractivity contribution is 5.94. The van der Waals surface area contributed by atoms with E-state index in [1.165, 1.54) is 6.42 Å². The molecular weight excluding hydrogens is 252 g/mol. The number of nitrogens with one attached hydrogen (secondary N) is 2. The standard InChI is InChI=1S/C16H26N2O2/c1-3-4-12-20-13-11-17-9-10-18-16(19)15-7-5-14(2)6-8-15/h5-8,17H,3-4,9-13H2,1-2H3,(H,18,19). The van der Waals surface area contributed by atoms with Gasteiger partial charge in [-0.25, -0.2) is 0 Å². The summed E-state index contributed by atoms with van der Waals surface area (Å²) < 4.78 is 5.43. The van der Waals surface area contributed by atoms with Crippen LogP contribution in [0, 0.1) is 6.92 Å². The molecule has 1 aromatic carbocycles. The second kappa shape index (κ2) is 10.4. The third-order valence-electron chi connectivity index (χ3n) is 2.97. The average Bonchev–Trinajstić information content (AvgIpc) is 2.46. The van der Waals surface area contributed by atoms with Crippen molar-refractivity contribution in [1.82, 2.24) is 10.6 Å². The van der Waals surface area contributed by atoms with Gasteiger partial charge in [0, 0.05) is 31.8 Å². The molecule has 0 fully saturated rings. The minimum absolute atomic E-state index is 0.0222. The normalized spacial score (nSPS) is 10.5. The zero-order valence-electron chi connectivity index (χ0n) is 12.6. The fourth-order valence-corrected chi connectivity index (χ4v) is 1.69. The summed E-state index contributed by atoms with van der Waals surface area (Å²) in [5.74, 6) is -0.0222. The molecular formula is C16H26N2O2. The third-order valence-corrected chi connectivity index (χ3v) is 2.97. The van der Waals surface area contributed by atoms with Crippen molar-refractivity contribution in [2.24, 2.45) is 0 Å². The van der Waals surface area contributed by atoms with Crippen molar-refractivity contribution in [1.29, 1.82) is 0 Å². The van der Waals surface area contributed by atoms with Crippen LogP contribution in [0.1, 0.15) is 35.7 Å². The van der Waals surface area contributed by atoms with Crippen molar-refractivity contribution in [3.05, 3.63) is 35.4 Å². The Morgan fingerprint density at radius 2 is 1.85 bits per heavy atom. The van der Waals surface area contributed by atoms with Crippen molar-refractivity contribution < 1.29 is 9.53 Å². The molecule has 4 heteroatoms. The Hall–Kier alpha value is -1.39. The van der Waals surface area contributed by atoms with Crippen LogP contribution < -0.4 is 10.6 Å². The number of benzene rings is 1. The summed E-state index contributed by atoms with van der Waals surface area (Å²) in [6.45, 7) is 7.93. The molecule has 0 aromatic heterocycles. The van der Waals surface area contributed by atoms with Gasteiger partial charge in [-0.3, -0.25) is 4.79 Å². The Kier molecular flexibility index (Phi) is 8.67. The highest BCUT2D eigenvalue weighted by Crippen LogP contribution is 2.02. The van der Waals surface area contributed by atoms with Crippen LogP contribution in [-0.4, -0.2) is 38.8 Å². The van der Waals surface area contributed by atoms with Gasteiger partial charge in [0.1, 0.15) is 0 Å². The average molecular weight is 278 g/mol. The molecule has 1 aromatic rings. The summed E-state index contributed by atoms with van der Waals surface area (Å²) in [4.78, 5) is 11.8. The van der Waals surface area contributed by atoms with Gasteiger partial charge in [-0.2, -0.15) is 0 Å². The summed E-state index contributed by atoms with van der Waals surface area (Å²) in [6.07, 6.45) is 2.28. The van der Waals surface area contributed by atoms with Crippen molar-refractivity contribution in [2.45, 2.75) is 26.7 Å². The molecule has 0 aliphatic heterocycles. The number of carbonyl (C=O) groups is 1. The largest absolute Gasteiger partial charge is 0.380 e.